The summed E-state index contributed by atoms with van der Waals surface area (Å²) in [6.45, 7) is 1.49. The Bertz CT molecular complexity index is 682. The summed E-state index contributed by atoms with van der Waals surface area (Å²) in [4.78, 5) is 24.2. The Kier molecular flexibility index (Phi) is 5.05. The molecule has 1 atom stereocenters. The van der Waals surface area contributed by atoms with E-state index in [4.69, 9.17) is 0 Å². The molecule has 8 heteroatoms. The molecule has 0 aliphatic heterocycles. The van der Waals surface area contributed by atoms with E-state index in [1.807, 2.05) is 0 Å². The molecule has 0 fully saturated rings. The van der Waals surface area contributed by atoms with Crippen LogP contribution in [0.2, 0.25) is 0 Å². The number of hydrogen-bond donors (Lipinski definition) is 2. The van der Waals surface area contributed by atoms with Crippen molar-refractivity contribution in [2.24, 2.45) is 0 Å². The maximum atomic E-state index is 12.5. The van der Waals surface area contributed by atoms with Crippen molar-refractivity contribution < 1.29 is 22.8 Å². The SMILES string of the molecule is CC(NC(=O)c1cccs1)C(=O)Nc1ccc(C(F)(F)F)cc1. The third-order valence-electron chi connectivity index (χ3n) is 2.97. The minimum absolute atomic E-state index is 0.222. The van der Waals surface area contributed by atoms with Crippen LogP contribution >= 0.6 is 11.3 Å². The van der Waals surface area contributed by atoms with Gasteiger partial charge in [-0.25, -0.2) is 0 Å². The van der Waals surface area contributed by atoms with Gasteiger partial charge in [0.1, 0.15) is 6.04 Å². The zero-order valence-corrected chi connectivity index (χ0v) is 12.8. The zero-order chi connectivity index (χ0) is 17.0. The second kappa shape index (κ2) is 6.82. The molecule has 2 rings (SSSR count). The van der Waals surface area contributed by atoms with Gasteiger partial charge in [0.2, 0.25) is 5.91 Å². The number of nitrogens with one attached hydrogen (secondary N) is 2. The fourth-order valence-electron chi connectivity index (χ4n) is 1.73. The van der Waals surface area contributed by atoms with Crippen LogP contribution in [0.25, 0.3) is 0 Å². The lowest BCUT2D eigenvalue weighted by Crippen LogP contribution is -2.41. The van der Waals surface area contributed by atoms with Crippen LogP contribution in [0.4, 0.5) is 18.9 Å². The van der Waals surface area contributed by atoms with Crippen molar-refractivity contribution in [1.29, 1.82) is 0 Å². The third-order valence-corrected chi connectivity index (χ3v) is 3.83. The van der Waals surface area contributed by atoms with E-state index in [1.165, 1.54) is 18.3 Å². The predicted molar refractivity (Wildman–Crippen MR) is 81.3 cm³/mol. The number of amides is 2. The van der Waals surface area contributed by atoms with E-state index >= 15 is 0 Å². The van der Waals surface area contributed by atoms with Crippen molar-refractivity contribution in [2.75, 3.05) is 5.32 Å². The minimum Gasteiger partial charge on any atom is -0.340 e. The molecule has 0 bridgehead atoms. The van der Waals surface area contributed by atoms with Crippen molar-refractivity contribution in [2.45, 2.75) is 19.1 Å². The van der Waals surface area contributed by atoms with E-state index < -0.39 is 23.7 Å². The van der Waals surface area contributed by atoms with Crippen LogP contribution in [0.15, 0.2) is 41.8 Å². The van der Waals surface area contributed by atoms with Crippen LogP contribution in [0.3, 0.4) is 0 Å². The quantitative estimate of drug-likeness (QED) is 0.893. The number of alkyl halides is 3. The van der Waals surface area contributed by atoms with E-state index in [2.05, 4.69) is 10.6 Å². The van der Waals surface area contributed by atoms with Gasteiger partial charge in [0, 0.05) is 5.69 Å². The Morgan fingerprint density at radius 3 is 2.30 bits per heavy atom. The number of carbonyl (C=O) groups excluding carboxylic acids is 2. The number of carbonyl (C=O) groups is 2. The van der Waals surface area contributed by atoms with Crippen LogP contribution in [0.1, 0.15) is 22.2 Å². The fraction of sp³-hybridized carbons (Fsp3) is 0.200. The highest BCUT2D eigenvalue weighted by atomic mass is 32.1. The summed E-state index contributed by atoms with van der Waals surface area (Å²) in [6, 6.07) is 6.59. The standard InChI is InChI=1S/C15H13F3N2O2S/c1-9(19-14(22)12-3-2-8-23-12)13(21)20-11-6-4-10(5-7-11)15(16,17)18/h2-9H,1H3,(H,19,22)(H,20,21). The Morgan fingerprint density at radius 1 is 1.13 bits per heavy atom. The maximum Gasteiger partial charge on any atom is 0.416 e. The minimum atomic E-state index is -4.43. The molecule has 0 aliphatic carbocycles. The van der Waals surface area contributed by atoms with Crippen LogP contribution in [0.5, 0.6) is 0 Å². The molecule has 2 aromatic rings. The molecule has 2 amide bonds. The van der Waals surface area contributed by atoms with Crippen LogP contribution in [0, 0.1) is 0 Å². The monoisotopic (exact) mass is 342 g/mol. The molecule has 1 heterocycles. The molecule has 0 saturated carbocycles. The van der Waals surface area contributed by atoms with E-state index in [0.717, 1.165) is 24.3 Å². The number of thiophene rings is 1. The molecule has 0 radical (unpaired) electrons. The Balaban J connectivity index is 1.94. The normalized spacial score (nSPS) is 12.5. The van der Waals surface area contributed by atoms with E-state index in [9.17, 15) is 22.8 Å². The summed E-state index contributed by atoms with van der Waals surface area (Å²) in [5, 5.41) is 6.71. The molecule has 0 aliphatic rings. The van der Waals surface area contributed by atoms with Crippen molar-refractivity contribution in [1.82, 2.24) is 5.32 Å². The van der Waals surface area contributed by atoms with Gasteiger partial charge in [-0.05, 0) is 42.6 Å². The first-order chi connectivity index (χ1) is 10.8. The maximum absolute atomic E-state index is 12.5. The van der Waals surface area contributed by atoms with Gasteiger partial charge in [0.15, 0.2) is 0 Å². The van der Waals surface area contributed by atoms with Crippen molar-refractivity contribution in [3.05, 3.63) is 52.2 Å². The molecule has 1 aromatic carbocycles. The number of rotatable bonds is 4. The Morgan fingerprint density at radius 2 is 1.78 bits per heavy atom. The van der Waals surface area contributed by atoms with Crippen molar-refractivity contribution in [3.63, 3.8) is 0 Å². The molecule has 2 N–H and O–H groups in total. The van der Waals surface area contributed by atoms with Crippen molar-refractivity contribution >= 4 is 28.8 Å². The lowest BCUT2D eigenvalue weighted by atomic mass is 10.2. The summed E-state index contributed by atoms with van der Waals surface area (Å²) in [5.74, 6) is -0.898. The number of hydrogen-bond acceptors (Lipinski definition) is 3. The lowest BCUT2D eigenvalue weighted by molar-refractivity contribution is -0.137. The van der Waals surface area contributed by atoms with Crippen LogP contribution in [-0.2, 0) is 11.0 Å². The largest absolute Gasteiger partial charge is 0.416 e. The van der Waals surface area contributed by atoms with Gasteiger partial charge in [-0.15, -0.1) is 11.3 Å². The highest BCUT2D eigenvalue weighted by Crippen LogP contribution is 2.29. The number of benzene rings is 1. The van der Waals surface area contributed by atoms with Crippen LogP contribution in [-0.4, -0.2) is 17.9 Å². The third kappa shape index (κ3) is 4.56. The summed E-state index contributed by atoms with van der Waals surface area (Å²) in [7, 11) is 0. The highest BCUT2D eigenvalue weighted by molar-refractivity contribution is 7.12. The molecule has 1 unspecified atom stereocenters. The molecule has 4 nitrogen and oxygen atoms in total. The van der Waals surface area contributed by atoms with Crippen LogP contribution < -0.4 is 10.6 Å². The zero-order valence-electron chi connectivity index (χ0n) is 12.0. The average Bonchev–Trinajstić information content (AvgIpc) is 3.01. The second-order valence-corrected chi connectivity index (χ2v) is 5.68. The van der Waals surface area contributed by atoms with Gasteiger partial charge in [-0.1, -0.05) is 6.07 Å². The Hall–Kier alpha value is -2.35. The summed E-state index contributed by atoms with van der Waals surface area (Å²) >= 11 is 1.24. The fourth-order valence-corrected chi connectivity index (χ4v) is 2.36. The smallest absolute Gasteiger partial charge is 0.340 e. The topological polar surface area (TPSA) is 58.2 Å². The van der Waals surface area contributed by atoms with Gasteiger partial charge in [0.25, 0.3) is 5.91 Å². The van der Waals surface area contributed by atoms with Gasteiger partial charge in [-0.2, -0.15) is 13.2 Å². The van der Waals surface area contributed by atoms with Gasteiger partial charge >= 0.3 is 6.18 Å². The Labute approximate surface area is 134 Å². The first kappa shape index (κ1) is 17.0. The number of anilines is 1. The summed E-state index contributed by atoms with van der Waals surface area (Å²) < 4.78 is 37.4. The molecule has 23 heavy (non-hydrogen) atoms. The predicted octanol–water partition coefficient (Wildman–Crippen LogP) is 3.52. The molecule has 1 aromatic heterocycles. The van der Waals surface area contributed by atoms with E-state index in [-0.39, 0.29) is 11.6 Å². The van der Waals surface area contributed by atoms with Gasteiger partial charge < -0.3 is 10.6 Å². The van der Waals surface area contributed by atoms with Crippen molar-refractivity contribution in [3.8, 4) is 0 Å². The molecule has 0 spiro atoms. The number of halogens is 3. The first-order valence-electron chi connectivity index (χ1n) is 6.60. The van der Waals surface area contributed by atoms with E-state index in [0.29, 0.717) is 4.88 Å². The molecule has 0 saturated heterocycles. The highest BCUT2D eigenvalue weighted by Gasteiger charge is 2.30. The lowest BCUT2D eigenvalue weighted by Gasteiger charge is -2.14. The molecular formula is C15H13F3N2O2S. The molecular weight excluding hydrogens is 329 g/mol. The first-order valence-corrected chi connectivity index (χ1v) is 7.48. The average molecular weight is 342 g/mol. The van der Waals surface area contributed by atoms with E-state index in [1.54, 1.807) is 17.5 Å². The van der Waals surface area contributed by atoms with Gasteiger partial charge in [0.05, 0.1) is 10.4 Å². The molecule has 122 valence electrons. The second-order valence-electron chi connectivity index (χ2n) is 4.74. The summed E-state index contributed by atoms with van der Waals surface area (Å²) in [6.07, 6.45) is -4.43. The summed E-state index contributed by atoms with van der Waals surface area (Å²) in [5.41, 5.74) is -0.574. The van der Waals surface area contributed by atoms with Gasteiger partial charge in [-0.3, -0.25) is 9.59 Å².